The Bertz CT molecular complexity index is 613. The third-order valence-electron chi connectivity index (χ3n) is 4.41. The summed E-state index contributed by atoms with van der Waals surface area (Å²) in [7, 11) is 0. The molecule has 0 spiro atoms. The van der Waals surface area contributed by atoms with E-state index in [2.05, 4.69) is 5.32 Å². The van der Waals surface area contributed by atoms with E-state index in [1.54, 1.807) is 11.8 Å². The van der Waals surface area contributed by atoms with Crippen molar-refractivity contribution in [2.45, 2.75) is 11.3 Å². The number of carboxylic acid groups (broad SMARTS) is 1. The maximum Gasteiger partial charge on any atom is 0.307 e. The van der Waals surface area contributed by atoms with Crippen LogP contribution in [0.5, 0.6) is 0 Å². The molecule has 3 rings (SSSR count). The normalized spacial score (nSPS) is 29.6. The first-order valence-corrected chi connectivity index (χ1v) is 8.19. The molecular weight excluding hydrogens is 286 g/mol. The summed E-state index contributed by atoms with van der Waals surface area (Å²) in [6, 6.07) is 7.57. The van der Waals surface area contributed by atoms with Gasteiger partial charge in [0.05, 0.1) is 17.5 Å². The van der Waals surface area contributed by atoms with Crippen molar-refractivity contribution in [2.24, 2.45) is 23.7 Å². The Hall–Kier alpha value is -1.75. The Morgan fingerprint density at radius 1 is 1.19 bits per heavy atom. The number of anilines is 1. The summed E-state index contributed by atoms with van der Waals surface area (Å²) in [6.07, 6.45) is 6.67. The van der Waals surface area contributed by atoms with E-state index in [1.165, 1.54) is 0 Å². The van der Waals surface area contributed by atoms with Crippen LogP contribution in [0.3, 0.4) is 0 Å². The predicted octanol–water partition coefficient (Wildman–Crippen LogP) is 2.87. The molecule has 2 aliphatic rings. The molecule has 0 aliphatic heterocycles. The number of carbonyl (C=O) groups excluding carboxylic acids is 1. The number of hydrogen-bond donors (Lipinski definition) is 2. The van der Waals surface area contributed by atoms with Crippen LogP contribution >= 0.6 is 11.8 Å². The fourth-order valence-corrected chi connectivity index (χ4v) is 4.03. The van der Waals surface area contributed by atoms with Crippen LogP contribution < -0.4 is 5.32 Å². The molecule has 0 saturated heterocycles. The highest BCUT2D eigenvalue weighted by Gasteiger charge is 2.51. The summed E-state index contributed by atoms with van der Waals surface area (Å²) >= 11 is 1.56. The predicted molar refractivity (Wildman–Crippen MR) is 82.2 cm³/mol. The van der Waals surface area contributed by atoms with Crippen LogP contribution in [0.1, 0.15) is 6.42 Å². The van der Waals surface area contributed by atoms with Crippen LogP contribution in [0.25, 0.3) is 0 Å². The smallest absolute Gasteiger partial charge is 0.307 e. The number of benzene rings is 1. The molecule has 0 aromatic heterocycles. The first kappa shape index (κ1) is 14.2. The molecule has 4 atom stereocenters. The highest BCUT2D eigenvalue weighted by Crippen LogP contribution is 2.48. The molecule has 1 aromatic carbocycles. The van der Waals surface area contributed by atoms with E-state index in [0.29, 0.717) is 0 Å². The minimum absolute atomic E-state index is 0.000885. The zero-order chi connectivity index (χ0) is 15.0. The van der Waals surface area contributed by atoms with Gasteiger partial charge in [0.1, 0.15) is 0 Å². The van der Waals surface area contributed by atoms with Gasteiger partial charge in [0.2, 0.25) is 5.91 Å². The van der Waals surface area contributed by atoms with Crippen molar-refractivity contribution >= 4 is 29.3 Å². The van der Waals surface area contributed by atoms with Crippen LogP contribution in [-0.4, -0.2) is 23.2 Å². The number of carboxylic acids is 1. The van der Waals surface area contributed by atoms with Gasteiger partial charge in [0.15, 0.2) is 0 Å². The second-order valence-electron chi connectivity index (χ2n) is 5.53. The van der Waals surface area contributed by atoms with Crippen molar-refractivity contribution < 1.29 is 14.7 Å². The molecule has 2 bridgehead atoms. The molecule has 1 amide bonds. The van der Waals surface area contributed by atoms with Gasteiger partial charge in [0.25, 0.3) is 0 Å². The molecule has 2 unspecified atom stereocenters. The van der Waals surface area contributed by atoms with Crippen molar-refractivity contribution in [3.8, 4) is 0 Å². The summed E-state index contributed by atoms with van der Waals surface area (Å²) in [5.41, 5.74) is 0.755. The number of fused-ring (bicyclic) bond motifs is 2. The average molecular weight is 303 g/mol. The maximum absolute atomic E-state index is 12.6. The quantitative estimate of drug-likeness (QED) is 0.663. The summed E-state index contributed by atoms with van der Waals surface area (Å²) in [6.45, 7) is 0. The number of carbonyl (C=O) groups is 2. The lowest BCUT2D eigenvalue weighted by Gasteiger charge is -2.24. The van der Waals surface area contributed by atoms with Gasteiger partial charge in [-0.3, -0.25) is 9.59 Å². The van der Waals surface area contributed by atoms with Gasteiger partial charge >= 0.3 is 5.97 Å². The first-order chi connectivity index (χ1) is 10.1. The molecular formula is C16H17NO3S. The van der Waals surface area contributed by atoms with Crippen LogP contribution in [-0.2, 0) is 9.59 Å². The number of rotatable bonds is 4. The first-order valence-electron chi connectivity index (χ1n) is 6.97. The molecule has 21 heavy (non-hydrogen) atoms. The Kier molecular flexibility index (Phi) is 3.76. The Balaban J connectivity index is 1.82. The van der Waals surface area contributed by atoms with E-state index >= 15 is 0 Å². The Morgan fingerprint density at radius 2 is 1.86 bits per heavy atom. The highest BCUT2D eigenvalue weighted by atomic mass is 32.2. The molecule has 0 radical (unpaired) electrons. The number of nitrogens with one attached hydrogen (secondary N) is 1. The molecule has 1 fully saturated rings. The lowest BCUT2D eigenvalue weighted by molar-refractivity contribution is -0.146. The fourth-order valence-electron chi connectivity index (χ4n) is 3.48. The van der Waals surface area contributed by atoms with Crippen molar-refractivity contribution in [3.05, 3.63) is 36.4 Å². The lowest BCUT2D eigenvalue weighted by atomic mass is 9.82. The summed E-state index contributed by atoms with van der Waals surface area (Å²) < 4.78 is 0. The van der Waals surface area contributed by atoms with Gasteiger partial charge in [0, 0.05) is 4.90 Å². The van der Waals surface area contributed by atoms with E-state index < -0.39 is 17.8 Å². The van der Waals surface area contributed by atoms with Gasteiger partial charge in [-0.2, -0.15) is 0 Å². The van der Waals surface area contributed by atoms with Gasteiger partial charge < -0.3 is 10.4 Å². The Morgan fingerprint density at radius 3 is 2.52 bits per heavy atom. The van der Waals surface area contributed by atoms with E-state index in [1.807, 2.05) is 42.7 Å². The molecule has 2 aliphatic carbocycles. The monoisotopic (exact) mass is 303 g/mol. The molecule has 4 nitrogen and oxygen atoms in total. The number of hydrogen-bond acceptors (Lipinski definition) is 3. The molecule has 2 N–H and O–H groups in total. The number of allylic oxidation sites excluding steroid dienone is 2. The second kappa shape index (κ2) is 5.56. The second-order valence-corrected chi connectivity index (χ2v) is 6.38. The summed E-state index contributed by atoms with van der Waals surface area (Å²) in [4.78, 5) is 25.0. The van der Waals surface area contributed by atoms with Crippen molar-refractivity contribution in [1.82, 2.24) is 0 Å². The minimum atomic E-state index is -0.870. The van der Waals surface area contributed by atoms with Crippen molar-refractivity contribution in [2.75, 3.05) is 11.6 Å². The van der Waals surface area contributed by atoms with Crippen molar-refractivity contribution in [1.29, 1.82) is 0 Å². The van der Waals surface area contributed by atoms with Crippen LogP contribution in [0, 0.1) is 23.7 Å². The third kappa shape index (κ3) is 2.46. The lowest BCUT2D eigenvalue weighted by Crippen LogP contribution is -2.36. The van der Waals surface area contributed by atoms with Crippen LogP contribution in [0.2, 0.25) is 0 Å². The molecule has 110 valence electrons. The number of thioether (sulfide) groups is 1. The molecule has 0 heterocycles. The van der Waals surface area contributed by atoms with Gasteiger partial charge in [-0.25, -0.2) is 0 Å². The molecule has 1 aromatic rings. The average Bonchev–Trinajstić information content (AvgIpc) is 3.08. The minimum Gasteiger partial charge on any atom is -0.481 e. The Labute approximate surface area is 127 Å². The van der Waals surface area contributed by atoms with E-state index in [9.17, 15) is 14.7 Å². The largest absolute Gasteiger partial charge is 0.481 e. The van der Waals surface area contributed by atoms with E-state index in [-0.39, 0.29) is 17.7 Å². The topological polar surface area (TPSA) is 66.4 Å². The number of aliphatic carboxylic acids is 1. The zero-order valence-electron chi connectivity index (χ0n) is 11.7. The van der Waals surface area contributed by atoms with Crippen molar-refractivity contribution in [3.63, 3.8) is 0 Å². The summed E-state index contributed by atoms with van der Waals surface area (Å²) in [5, 5.41) is 12.3. The number of amides is 1. The third-order valence-corrected chi connectivity index (χ3v) is 5.21. The van der Waals surface area contributed by atoms with Gasteiger partial charge in [-0.15, -0.1) is 11.8 Å². The van der Waals surface area contributed by atoms with Gasteiger partial charge in [-0.1, -0.05) is 24.3 Å². The maximum atomic E-state index is 12.6. The highest BCUT2D eigenvalue weighted by molar-refractivity contribution is 7.98. The summed E-state index contributed by atoms with van der Waals surface area (Å²) in [5.74, 6) is -2.06. The zero-order valence-corrected chi connectivity index (χ0v) is 12.5. The fraction of sp³-hybridized carbons (Fsp3) is 0.375. The van der Waals surface area contributed by atoms with E-state index in [4.69, 9.17) is 0 Å². The molecule has 1 saturated carbocycles. The molecule has 5 heteroatoms. The van der Waals surface area contributed by atoms with Gasteiger partial charge in [-0.05, 0) is 36.6 Å². The SMILES string of the molecule is CSc1ccccc1NC(=O)[C@H]1C2C=CC(C2)[C@H]1C(=O)O. The van der Waals surface area contributed by atoms with Crippen LogP contribution in [0.4, 0.5) is 5.69 Å². The number of para-hydroxylation sites is 1. The van der Waals surface area contributed by atoms with Crippen LogP contribution in [0.15, 0.2) is 41.3 Å². The van der Waals surface area contributed by atoms with E-state index in [0.717, 1.165) is 17.0 Å². The standard InChI is InChI=1S/C16H17NO3S/c1-21-12-5-3-2-4-11(12)17-15(18)13-9-6-7-10(8-9)14(13)16(19)20/h2-7,9-10,13-14H,8H2,1H3,(H,17,18)(H,19,20)/t9?,10?,13-,14+/m0/s1.